The number of rotatable bonds is 5. The summed E-state index contributed by atoms with van der Waals surface area (Å²) < 4.78 is 0. The van der Waals surface area contributed by atoms with E-state index < -0.39 is 0 Å². The van der Waals surface area contributed by atoms with E-state index in [-0.39, 0.29) is 0 Å². The lowest BCUT2D eigenvalue weighted by atomic mass is 9.91. The molecule has 17 heavy (non-hydrogen) atoms. The Kier molecular flexibility index (Phi) is 5.02. The summed E-state index contributed by atoms with van der Waals surface area (Å²) in [6, 6.07) is 11.5. The van der Waals surface area contributed by atoms with Gasteiger partial charge in [-0.1, -0.05) is 43.7 Å². The van der Waals surface area contributed by atoms with E-state index in [0.717, 1.165) is 18.9 Å². The van der Waals surface area contributed by atoms with E-state index >= 15 is 0 Å². The quantitative estimate of drug-likeness (QED) is 0.813. The van der Waals surface area contributed by atoms with Crippen molar-refractivity contribution in [1.82, 2.24) is 10.6 Å². The molecule has 0 spiro atoms. The zero-order chi connectivity index (χ0) is 11.9. The van der Waals surface area contributed by atoms with Crippen LogP contribution in [-0.2, 0) is 6.42 Å². The van der Waals surface area contributed by atoms with E-state index in [9.17, 15) is 0 Å². The first-order chi connectivity index (χ1) is 8.40. The van der Waals surface area contributed by atoms with Gasteiger partial charge in [-0.25, -0.2) is 0 Å². The van der Waals surface area contributed by atoms with Crippen LogP contribution in [0.15, 0.2) is 30.3 Å². The molecule has 1 aliphatic heterocycles. The van der Waals surface area contributed by atoms with Crippen LogP contribution in [0.25, 0.3) is 0 Å². The first kappa shape index (κ1) is 12.6. The van der Waals surface area contributed by atoms with Gasteiger partial charge in [0.25, 0.3) is 0 Å². The fraction of sp³-hybridized carbons (Fsp3) is 0.600. The normalized spacial score (nSPS) is 24.8. The highest BCUT2D eigenvalue weighted by molar-refractivity contribution is 5.14. The molecule has 2 N–H and O–H groups in total. The number of benzene rings is 1. The Morgan fingerprint density at radius 1 is 1.29 bits per heavy atom. The van der Waals surface area contributed by atoms with Crippen LogP contribution in [0, 0.1) is 5.92 Å². The standard InChI is InChI=1S/C15H24N2/c1-2-14-12-16-10-9-15(14)17-11-8-13-6-4-3-5-7-13/h3-7,14-17H,2,8-12H2,1H3/t14-,15-/m1/s1. The summed E-state index contributed by atoms with van der Waals surface area (Å²) in [4.78, 5) is 0. The van der Waals surface area contributed by atoms with Crippen LogP contribution in [0.3, 0.4) is 0 Å². The van der Waals surface area contributed by atoms with E-state index in [4.69, 9.17) is 0 Å². The molecule has 2 heteroatoms. The lowest BCUT2D eigenvalue weighted by Gasteiger charge is -2.32. The number of hydrogen-bond donors (Lipinski definition) is 2. The predicted octanol–water partition coefficient (Wildman–Crippen LogP) is 2.21. The highest BCUT2D eigenvalue weighted by Gasteiger charge is 2.22. The Morgan fingerprint density at radius 2 is 2.12 bits per heavy atom. The SMILES string of the molecule is CC[C@@H]1CNCC[C@H]1NCCc1ccccc1. The molecule has 2 nitrogen and oxygen atoms in total. The molecule has 1 aromatic rings. The third-order valence-electron chi connectivity index (χ3n) is 3.80. The van der Waals surface area contributed by atoms with Gasteiger partial charge in [0.05, 0.1) is 0 Å². The highest BCUT2D eigenvalue weighted by atomic mass is 15.0. The van der Waals surface area contributed by atoms with Crippen LogP contribution in [0.4, 0.5) is 0 Å². The first-order valence-electron chi connectivity index (χ1n) is 6.88. The topological polar surface area (TPSA) is 24.1 Å². The Bertz CT molecular complexity index is 310. The summed E-state index contributed by atoms with van der Waals surface area (Å²) >= 11 is 0. The monoisotopic (exact) mass is 232 g/mol. The Labute approximate surface area is 105 Å². The molecule has 1 heterocycles. The van der Waals surface area contributed by atoms with Crippen molar-refractivity contribution in [1.29, 1.82) is 0 Å². The van der Waals surface area contributed by atoms with Gasteiger partial charge in [-0.05, 0) is 44.0 Å². The van der Waals surface area contributed by atoms with Crippen molar-refractivity contribution in [3.8, 4) is 0 Å². The fourth-order valence-electron chi connectivity index (χ4n) is 2.67. The minimum absolute atomic E-state index is 0.713. The Morgan fingerprint density at radius 3 is 2.88 bits per heavy atom. The van der Waals surface area contributed by atoms with Gasteiger partial charge in [-0.3, -0.25) is 0 Å². The summed E-state index contributed by atoms with van der Waals surface area (Å²) in [5.74, 6) is 0.805. The van der Waals surface area contributed by atoms with Crippen molar-refractivity contribution in [2.45, 2.75) is 32.2 Å². The molecule has 2 atom stereocenters. The third-order valence-corrected chi connectivity index (χ3v) is 3.80. The molecule has 1 saturated heterocycles. The highest BCUT2D eigenvalue weighted by Crippen LogP contribution is 2.14. The van der Waals surface area contributed by atoms with Gasteiger partial charge in [-0.2, -0.15) is 0 Å². The molecule has 0 radical (unpaired) electrons. The second-order valence-electron chi connectivity index (χ2n) is 4.96. The summed E-state index contributed by atoms with van der Waals surface area (Å²) in [6.07, 6.45) is 3.69. The van der Waals surface area contributed by atoms with Crippen molar-refractivity contribution in [2.75, 3.05) is 19.6 Å². The summed E-state index contributed by atoms with van der Waals surface area (Å²) in [7, 11) is 0. The van der Waals surface area contributed by atoms with Crippen molar-refractivity contribution < 1.29 is 0 Å². The molecule has 0 saturated carbocycles. The van der Waals surface area contributed by atoms with Gasteiger partial charge in [-0.15, -0.1) is 0 Å². The predicted molar refractivity (Wildman–Crippen MR) is 73.2 cm³/mol. The smallest absolute Gasteiger partial charge is 0.0119 e. The minimum Gasteiger partial charge on any atom is -0.316 e. The molecule has 1 aromatic carbocycles. The minimum atomic E-state index is 0.713. The van der Waals surface area contributed by atoms with Crippen LogP contribution in [0.5, 0.6) is 0 Å². The van der Waals surface area contributed by atoms with Gasteiger partial charge in [0.15, 0.2) is 0 Å². The maximum absolute atomic E-state index is 3.73. The van der Waals surface area contributed by atoms with Gasteiger partial charge >= 0.3 is 0 Å². The van der Waals surface area contributed by atoms with Gasteiger partial charge < -0.3 is 10.6 Å². The molecular weight excluding hydrogens is 208 g/mol. The average Bonchev–Trinajstić information content (AvgIpc) is 2.40. The van der Waals surface area contributed by atoms with Crippen molar-refractivity contribution in [3.63, 3.8) is 0 Å². The number of nitrogens with one attached hydrogen (secondary N) is 2. The molecular formula is C15H24N2. The maximum atomic E-state index is 3.73. The molecule has 0 aromatic heterocycles. The van der Waals surface area contributed by atoms with Gasteiger partial charge in [0, 0.05) is 6.04 Å². The Hall–Kier alpha value is -0.860. The summed E-state index contributed by atoms with van der Waals surface area (Å²) in [5, 5.41) is 7.21. The second kappa shape index (κ2) is 6.77. The molecule has 0 unspecified atom stereocenters. The first-order valence-corrected chi connectivity index (χ1v) is 6.88. The zero-order valence-corrected chi connectivity index (χ0v) is 10.8. The summed E-state index contributed by atoms with van der Waals surface area (Å²) in [6.45, 7) is 5.74. The third kappa shape index (κ3) is 3.83. The maximum Gasteiger partial charge on any atom is 0.0119 e. The van der Waals surface area contributed by atoms with E-state index in [0.29, 0.717) is 6.04 Å². The lowest BCUT2D eigenvalue weighted by molar-refractivity contribution is 0.273. The van der Waals surface area contributed by atoms with E-state index in [1.807, 2.05) is 0 Å². The molecule has 1 fully saturated rings. The van der Waals surface area contributed by atoms with Gasteiger partial charge in [0.2, 0.25) is 0 Å². The van der Waals surface area contributed by atoms with Crippen LogP contribution in [0.1, 0.15) is 25.3 Å². The Balaban J connectivity index is 1.74. The van der Waals surface area contributed by atoms with Crippen LogP contribution < -0.4 is 10.6 Å². The van der Waals surface area contributed by atoms with Crippen LogP contribution >= 0.6 is 0 Å². The fourth-order valence-corrected chi connectivity index (χ4v) is 2.67. The van der Waals surface area contributed by atoms with Crippen LogP contribution in [-0.4, -0.2) is 25.7 Å². The molecule has 2 rings (SSSR count). The molecule has 0 aliphatic carbocycles. The van der Waals surface area contributed by atoms with E-state index in [2.05, 4.69) is 47.9 Å². The molecule has 0 bridgehead atoms. The lowest BCUT2D eigenvalue weighted by Crippen LogP contribution is -2.47. The number of piperidine rings is 1. The second-order valence-corrected chi connectivity index (χ2v) is 4.96. The average molecular weight is 232 g/mol. The number of hydrogen-bond acceptors (Lipinski definition) is 2. The van der Waals surface area contributed by atoms with Crippen molar-refractivity contribution in [3.05, 3.63) is 35.9 Å². The molecule has 1 aliphatic rings. The van der Waals surface area contributed by atoms with Crippen molar-refractivity contribution >= 4 is 0 Å². The summed E-state index contributed by atoms with van der Waals surface area (Å²) in [5.41, 5.74) is 1.43. The largest absolute Gasteiger partial charge is 0.316 e. The molecule has 94 valence electrons. The van der Waals surface area contributed by atoms with Crippen molar-refractivity contribution in [2.24, 2.45) is 5.92 Å². The molecule has 0 amide bonds. The van der Waals surface area contributed by atoms with E-state index in [1.165, 1.54) is 31.5 Å². The van der Waals surface area contributed by atoms with Gasteiger partial charge in [0.1, 0.15) is 0 Å². The van der Waals surface area contributed by atoms with E-state index in [1.54, 1.807) is 0 Å². The zero-order valence-electron chi connectivity index (χ0n) is 10.8. The van der Waals surface area contributed by atoms with Crippen LogP contribution in [0.2, 0.25) is 0 Å².